The number of nitrogens with one attached hydrogen (secondary N) is 2. The van der Waals surface area contributed by atoms with Crippen LogP contribution in [0.1, 0.15) is 26.4 Å². The van der Waals surface area contributed by atoms with Crippen molar-refractivity contribution in [3.63, 3.8) is 0 Å². The summed E-state index contributed by atoms with van der Waals surface area (Å²) < 4.78 is 1.58. The first kappa shape index (κ1) is 18.6. The lowest BCUT2D eigenvalue weighted by molar-refractivity contribution is 0.0958. The highest BCUT2D eigenvalue weighted by molar-refractivity contribution is 7.18. The fourth-order valence-corrected chi connectivity index (χ4v) is 4.69. The molecule has 6 nitrogen and oxygen atoms in total. The standard InChI is InChI=1S/C23H20N4O2S/c1-13-9-18-19(10-14(13)2)27-21(28)11-20(30-23(27)26-18)22(29)24-8-7-15-12-25-17-6-4-3-5-16(15)17/h3-6,9-12,25H,7-8H2,1-2H3,(H,24,29). The number of benzene rings is 2. The number of aromatic nitrogens is 3. The van der Waals surface area contributed by atoms with E-state index in [2.05, 4.69) is 21.4 Å². The van der Waals surface area contributed by atoms with Gasteiger partial charge < -0.3 is 10.3 Å². The number of amides is 1. The highest BCUT2D eigenvalue weighted by atomic mass is 32.1. The second-order valence-electron chi connectivity index (χ2n) is 7.47. The van der Waals surface area contributed by atoms with Gasteiger partial charge in [-0.1, -0.05) is 29.5 Å². The molecule has 5 aromatic rings. The summed E-state index contributed by atoms with van der Waals surface area (Å²) in [7, 11) is 0. The Morgan fingerprint density at radius 1 is 1.17 bits per heavy atom. The van der Waals surface area contributed by atoms with Gasteiger partial charge >= 0.3 is 0 Å². The summed E-state index contributed by atoms with van der Waals surface area (Å²) in [6, 6.07) is 13.4. The summed E-state index contributed by atoms with van der Waals surface area (Å²) in [5.74, 6) is -0.251. The number of imidazole rings is 1. The highest BCUT2D eigenvalue weighted by Gasteiger charge is 2.15. The van der Waals surface area contributed by atoms with Crippen LogP contribution in [0.25, 0.3) is 26.9 Å². The van der Waals surface area contributed by atoms with Crippen LogP contribution in [-0.2, 0) is 6.42 Å². The second-order valence-corrected chi connectivity index (χ2v) is 8.48. The fourth-order valence-electron chi connectivity index (χ4n) is 3.74. The molecule has 0 fully saturated rings. The van der Waals surface area contributed by atoms with E-state index in [9.17, 15) is 9.59 Å². The topological polar surface area (TPSA) is 79.3 Å². The molecule has 0 aliphatic rings. The smallest absolute Gasteiger partial charge is 0.261 e. The maximum atomic E-state index is 12.7. The SMILES string of the molecule is Cc1cc2nc3sc(C(=O)NCCc4c[nH]c5ccccc45)cc(=O)n3c2cc1C. The number of aromatic amines is 1. The molecule has 0 radical (unpaired) electrons. The maximum Gasteiger partial charge on any atom is 0.261 e. The first-order valence-corrected chi connectivity index (χ1v) is 10.6. The van der Waals surface area contributed by atoms with Gasteiger partial charge in [0.25, 0.3) is 11.5 Å². The largest absolute Gasteiger partial charge is 0.361 e. The van der Waals surface area contributed by atoms with Crippen LogP contribution in [0.4, 0.5) is 0 Å². The van der Waals surface area contributed by atoms with E-state index >= 15 is 0 Å². The van der Waals surface area contributed by atoms with E-state index < -0.39 is 0 Å². The molecule has 0 saturated heterocycles. The van der Waals surface area contributed by atoms with Gasteiger partial charge in [0.15, 0.2) is 4.96 Å². The van der Waals surface area contributed by atoms with Crippen LogP contribution in [0, 0.1) is 13.8 Å². The van der Waals surface area contributed by atoms with Crippen LogP contribution in [-0.4, -0.2) is 26.8 Å². The summed E-state index contributed by atoms with van der Waals surface area (Å²) in [6.07, 6.45) is 2.68. The number of para-hydroxylation sites is 1. The normalized spacial score (nSPS) is 11.5. The van der Waals surface area contributed by atoms with E-state index in [1.54, 1.807) is 4.40 Å². The molecule has 3 heterocycles. The average molecular weight is 417 g/mol. The van der Waals surface area contributed by atoms with Crippen molar-refractivity contribution in [1.29, 1.82) is 0 Å². The minimum atomic E-state index is -0.251. The Bertz CT molecular complexity index is 1490. The molecule has 0 atom stereocenters. The molecule has 0 bridgehead atoms. The Labute approximate surface area is 176 Å². The molecular formula is C23H20N4O2S. The van der Waals surface area contributed by atoms with Crippen LogP contribution < -0.4 is 10.9 Å². The molecule has 2 aromatic carbocycles. The third kappa shape index (κ3) is 3.07. The third-order valence-corrected chi connectivity index (χ3v) is 6.47. The molecule has 0 unspecified atom stereocenters. The number of aryl methyl sites for hydroxylation is 2. The first-order chi connectivity index (χ1) is 14.5. The Balaban J connectivity index is 1.39. The van der Waals surface area contributed by atoms with Gasteiger partial charge in [-0.15, -0.1) is 0 Å². The number of hydrogen-bond donors (Lipinski definition) is 2. The monoisotopic (exact) mass is 416 g/mol. The molecule has 1 amide bonds. The van der Waals surface area contributed by atoms with Gasteiger partial charge in [0.1, 0.15) is 4.88 Å². The van der Waals surface area contributed by atoms with E-state index in [1.807, 2.05) is 50.4 Å². The maximum absolute atomic E-state index is 12.7. The molecule has 0 saturated carbocycles. The lowest BCUT2D eigenvalue weighted by atomic mass is 10.1. The van der Waals surface area contributed by atoms with E-state index in [1.165, 1.54) is 17.4 Å². The van der Waals surface area contributed by atoms with Gasteiger partial charge in [0, 0.05) is 29.7 Å². The second kappa shape index (κ2) is 7.11. The summed E-state index contributed by atoms with van der Waals surface area (Å²) in [4.78, 5) is 34.1. The van der Waals surface area contributed by atoms with Gasteiger partial charge in [-0.05, 0) is 55.2 Å². The van der Waals surface area contributed by atoms with Crippen molar-refractivity contribution in [2.45, 2.75) is 20.3 Å². The first-order valence-electron chi connectivity index (χ1n) is 9.78. The fraction of sp³-hybridized carbons (Fsp3) is 0.174. The van der Waals surface area contributed by atoms with Crippen LogP contribution in [0.2, 0.25) is 0 Å². The molecule has 30 heavy (non-hydrogen) atoms. The van der Waals surface area contributed by atoms with Crippen molar-refractivity contribution < 1.29 is 4.79 Å². The van der Waals surface area contributed by atoms with Crippen molar-refractivity contribution in [2.75, 3.05) is 6.54 Å². The van der Waals surface area contributed by atoms with Gasteiger partial charge in [-0.25, -0.2) is 4.98 Å². The molecule has 150 valence electrons. The number of nitrogens with zero attached hydrogens (tertiary/aromatic N) is 2. The molecular weight excluding hydrogens is 396 g/mol. The van der Waals surface area contributed by atoms with Gasteiger partial charge in [-0.2, -0.15) is 0 Å². The molecule has 0 aliphatic carbocycles. The minimum absolute atomic E-state index is 0.240. The summed E-state index contributed by atoms with van der Waals surface area (Å²) in [5.41, 5.74) is 5.77. The molecule has 0 spiro atoms. The summed E-state index contributed by atoms with van der Waals surface area (Å²) >= 11 is 1.23. The zero-order valence-electron chi connectivity index (χ0n) is 16.7. The zero-order valence-corrected chi connectivity index (χ0v) is 17.5. The number of rotatable bonds is 4. The van der Waals surface area contributed by atoms with Crippen molar-refractivity contribution in [3.05, 3.63) is 80.6 Å². The van der Waals surface area contributed by atoms with Crippen LogP contribution >= 0.6 is 11.3 Å². The van der Waals surface area contributed by atoms with Gasteiger partial charge in [0.2, 0.25) is 0 Å². The number of carbonyl (C=O) groups is 1. The molecule has 7 heteroatoms. The molecule has 0 aliphatic heterocycles. The lowest BCUT2D eigenvalue weighted by Crippen LogP contribution is -2.26. The lowest BCUT2D eigenvalue weighted by Gasteiger charge is -2.05. The number of hydrogen-bond acceptors (Lipinski definition) is 4. The Kier molecular flexibility index (Phi) is 4.40. The van der Waals surface area contributed by atoms with Crippen molar-refractivity contribution in [2.24, 2.45) is 0 Å². The third-order valence-electron chi connectivity index (χ3n) is 5.49. The van der Waals surface area contributed by atoms with E-state index in [4.69, 9.17) is 0 Å². The van der Waals surface area contributed by atoms with Crippen LogP contribution in [0.3, 0.4) is 0 Å². The molecule has 2 N–H and O–H groups in total. The quantitative estimate of drug-likeness (QED) is 0.465. The Morgan fingerprint density at radius 2 is 1.97 bits per heavy atom. The van der Waals surface area contributed by atoms with E-state index in [0.29, 0.717) is 22.8 Å². The summed E-state index contributed by atoms with van der Waals surface area (Å²) in [5, 5.41) is 4.09. The number of fused-ring (bicyclic) bond motifs is 4. The van der Waals surface area contributed by atoms with Gasteiger partial charge in [0.05, 0.1) is 11.0 Å². The van der Waals surface area contributed by atoms with Crippen LogP contribution in [0.5, 0.6) is 0 Å². The Morgan fingerprint density at radius 3 is 2.83 bits per heavy atom. The van der Waals surface area contributed by atoms with Gasteiger partial charge in [-0.3, -0.25) is 14.0 Å². The van der Waals surface area contributed by atoms with Crippen LogP contribution in [0.15, 0.2) is 53.5 Å². The van der Waals surface area contributed by atoms with E-state index in [0.717, 1.165) is 38.6 Å². The molecule has 5 rings (SSSR count). The van der Waals surface area contributed by atoms with E-state index in [-0.39, 0.29) is 11.5 Å². The number of H-pyrrole nitrogens is 1. The van der Waals surface area contributed by atoms with Crippen molar-refractivity contribution >= 4 is 44.1 Å². The number of carbonyl (C=O) groups excluding carboxylic acids is 1. The Hall–Kier alpha value is -3.45. The van der Waals surface area contributed by atoms with Crippen molar-refractivity contribution in [1.82, 2.24) is 19.7 Å². The van der Waals surface area contributed by atoms with Crippen molar-refractivity contribution in [3.8, 4) is 0 Å². The average Bonchev–Trinajstić information content (AvgIpc) is 3.29. The predicted octanol–water partition coefficient (Wildman–Crippen LogP) is 3.98. The molecule has 3 aromatic heterocycles. The predicted molar refractivity (Wildman–Crippen MR) is 121 cm³/mol. The zero-order chi connectivity index (χ0) is 20.8. The highest BCUT2D eigenvalue weighted by Crippen LogP contribution is 2.23. The summed E-state index contributed by atoms with van der Waals surface area (Å²) in [6.45, 7) is 4.52. The minimum Gasteiger partial charge on any atom is -0.361 e.